The zero-order valence-corrected chi connectivity index (χ0v) is 8.89. The van der Waals surface area contributed by atoms with Crippen LogP contribution in [-0.2, 0) is 9.47 Å². The molecule has 1 aromatic rings. The second-order valence-corrected chi connectivity index (χ2v) is 3.80. The van der Waals surface area contributed by atoms with Crippen LogP contribution in [0.5, 0.6) is 0 Å². The van der Waals surface area contributed by atoms with Gasteiger partial charge in [-0.2, -0.15) is 0 Å². The molecule has 1 fully saturated rings. The van der Waals surface area contributed by atoms with Gasteiger partial charge in [0, 0.05) is 18.7 Å². The van der Waals surface area contributed by atoms with E-state index in [-0.39, 0.29) is 5.97 Å². The summed E-state index contributed by atoms with van der Waals surface area (Å²) in [7, 11) is 0. The summed E-state index contributed by atoms with van der Waals surface area (Å²) in [6, 6.07) is 3.09. The van der Waals surface area contributed by atoms with Gasteiger partial charge in [0.05, 0.1) is 18.8 Å². The number of aromatic nitrogens is 1. The fourth-order valence-electron chi connectivity index (χ4n) is 1.57. The molecule has 1 unspecified atom stereocenters. The van der Waals surface area contributed by atoms with Gasteiger partial charge in [-0.1, -0.05) is 0 Å². The normalized spacial score (nSPS) is 19.6. The summed E-state index contributed by atoms with van der Waals surface area (Å²) in [5.41, 5.74) is 5.91. The van der Waals surface area contributed by atoms with Crippen LogP contribution < -0.4 is 5.73 Å². The molecule has 16 heavy (non-hydrogen) atoms. The molecule has 1 aliphatic rings. The van der Waals surface area contributed by atoms with Crippen molar-refractivity contribution < 1.29 is 14.3 Å². The zero-order valence-electron chi connectivity index (χ0n) is 8.89. The van der Waals surface area contributed by atoms with Crippen LogP contribution in [0.25, 0.3) is 0 Å². The number of anilines is 1. The van der Waals surface area contributed by atoms with Crippen molar-refractivity contribution in [1.29, 1.82) is 0 Å². The van der Waals surface area contributed by atoms with Crippen LogP contribution in [0.1, 0.15) is 16.8 Å². The first-order chi connectivity index (χ1) is 7.75. The molecule has 86 valence electrons. The lowest BCUT2D eigenvalue weighted by Crippen LogP contribution is -2.14. The van der Waals surface area contributed by atoms with Crippen molar-refractivity contribution in [1.82, 2.24) is 4.98 Å². The molecular weight excluding hydrogens is 208 g/mol. The van der Waals surface area contributed by atoms with Gasteiger partial charge in [-0.25, -0.2) is 9.78 Å². The third-order valence-electron chi connectivity index (χ3n) is 2.49. The Labute approximate surface area is 93.6 Å². The van der Waals surface area contributed by atoms with Crippen molar-refractivity contribution in [2.75, 3.05) is 25.6 Å². The Morgan fingerprint density at radius 2 is 2.56 bits per heavy atom. The summed E-state index contributed by atoms with van der Waals surface area (Å²) in [5, 5.41) is 0. The minimum Gasteiger partial charge on any atom is -0.462 e. The summed E-state index contributed by atoms with van der Waals surface area (Å²) >= 11 is 0. The van der Waals surface area contributed by atoms with E-state index in [4.69, 9.17) is 15.2 Å². The van der Waals surface area contributed by atoms with Crippen LogP contribution in [0.2, 0.25) is 0 Å². The van der Waals surface area contributed by atoms with Gasteiger partial charge in [0.25, 0.3) is 0 Å². The molecule has 1 aromatic heterocycles. The molecule has 1 aliphatic heterocycles. The molecule has 5 heteroatoms. The van der Waals surface area contributed by atoms with E-state index in [0.717, 1.165) is 13.0 Å². The molecule has 5 nitrogen and oxygen atoms in total. The minimum absolute atomic E-state index is 0.318. The number of nitrogens with zero attached hydrogens (tertiary/aromatic N) is 1. The van der Waals surface area contributed by atoms with Gasteiger partial charge in [0.1, 0.15) is 5.82 Å². The third kappa shape index (κ3) is 2.70. The van der Waals surface area contributed by atoms with E-state index in [2.05, 4.69) is 4.98 Å². The van der Waals surface area contributed by atoms with E-state index in [1.807, 2.05) is 0 Å². The van der Waals surface area contributed by atoms with E-state index in [1.165, 1.54) is 12.3 Å². The van der Waals surface area contributed by atoms with Crippen molar-refractivity contribution >= 4 is 11.8 Å². The quantitative estimate of drug-likeness (QED) is 0.767. The Hall–Kier alpha value is -1.62. The zero-order chi connectivity index (χ0) is 11.4. The van der Waals surface area contributed by atoms with Crippen LogP contribution in [0.15, 0.2) is 18.3 Å². The predicted octanol–water partition coefficient (Wildman–Crippen LogP) is 0.857. The fraction of sp³-hybridized carbons (Fsp3) is 0.455. The van der Waals surface area contributed by atoms with Crippen LogP contribution in [0.4, 0.5) is 5.82 Å². The largest absolute Gasteiger partial charge is 0.462 e. The molecule has 0 bridgehead atoms. The second kappa shape index (κ2) is 4.94. The Morgan fingerprint density at radius 3 is 3.25 bits per heavy atom. The highest BCUT2D eigenvalue weighted by atomic mass is 16.5. The van der Waals surface area contributed by atoms with Crippen LogP contribution in [0, 0.1) is 5.92 Å². The second-order valence-electron chi connectivity index (χ2n) is 3.80. The van der Waals surface area contributed by atoms with Crippen molar-refractivity contribution in [3.05, 3.63) is 23.9 Å². The summed E-state index contributed by atoms with van der Waals surface area (Å²) in [6.07, 6.45) is 2.44. The first-order valence-electron chi connectivity index (χ1n) is 5.22. The average Bonchev–Trinajstić information content (AvgIpc) is 2.78. The third-order valence-corrected chi connectivity index (χ3v) is 2.49. The summed E-state index contributed by atoms with van der Waals surface area (Å²) in [6.45, 7) is 1.83. The molecule has 0 aromatic carbocycles. The van der Waals surface area contributed by atoms with Gasteiger partial charge in [0.2, 0.25) is 0 Å². The maximum absolute atomic E-state index is 11.6. The maximum Gasteiger partial charge on any atom is 0.338 e. The van der Waals surface area contributed by atoms with Gasteiger partial charge in [-0.15, -0.1) is 0 Å². The summed E-state index contributed by atoms with van der Waals surface area (Å²) < 4.78 is 10.4. The van der Waals surface area contributed by atoms with Crippen molar-refractivity contribution in [3.8, 4) is 0 Å². The molecule has 0 spiro atoms. The predicted molar refractivity (Wildman–Crippen MR) is 57.9 cm³/mol. The molecule has 1 atom stereocenters. The number of nitrogens with two attached hydrogens (primary N) is 1. The number of hydrogen-bond acceptors (Lipinski definition) is 5. The van der Waals surface area contributed by atoms with Gasteiger partial charge < -0.3 is 15.2 Å². The van der Waals surface area contributed by atoms with E-state index in [0.29, 0.717) is 30.5 Å². The lowest BCUT2D eigenvalue weighted by molar-refractivity contribution is 0.0428. The monoisotopic (exact) mass is 222 g/mol. The summed E-state index contributed by atoms with van der Waals surface area (Å²) in [4.78, 5) is 15.4. The average molecular weight is 222 g/mol. The molecule has 0 aliphatic carbocycles. The van der Waals surface area contributed by atoms with Crippen LogP contribution in [-0.4, -0.2) is 30.8 Å². The van der Waals surface area contributed by atoms with Crippen molar-refractivity contribution in [2.24, 2.45) is 5.92 Å². The number of nitrogen functional groups attached to an aromatic ring is 1. The Bertz CT molecular complexity index is 375. The SMILES string of the molecule is Nc1cc(C(=O)OCC2CCOC2)ccn1. The molecule has 2 rings (SSSR count). The highest BCUT2D eigenvalue weighted by Crippen LogP contribution is 2.13. The summed E-state index contributed by atoms with van der Waals surface area (Å²) in [5.74, 6) is 0.280. The number of hydrogen-bond donors (Lipinski definition) is 1. The molecule has 0 amide bonds. The standard InChI is InChI=1S/C11H14N2O3/c12-10-5-9(1-3-13-10)11(14)16-7-8-2-4-15-6-8/h1,3,5,8H,2,4,6-7H2,(H2,12,13). The topological polar surface area (TPSA) is 74.4 Å². The number of pyridine rings is 1. The van der Waals surface area contributed by atoms with E-state index >= 15 is 0 Å². The van der Waals surface area contributed by atoms with E-state index < -0.39 is 0 Å². The fourth-order valence-corrected chi connectivity index (χ4v) is 1.57. The number of carbonyl (C=O) groups is 1. The van der Waals surface area contributed by atoms with Crippen molar-refractivity contribution in [3.63, 3.8) is 0 Å². The number of rotatable bonds is 3. The molecule has 2 N–H and O–H groups in total. The van der Waals surface area contributed by atoms with Gasteiger partial charge in [-0.3, -0.25) is 0 Å². The van der Waals surface area contributed by atoms with Gasteiger partial charge >= 0.3 is 5.97 Å². The smallest absolute Gasteiger partial charge is 0.338 e. The van der Waals surface area contributed by atoms with Crippen LogP contribution in [0.3, 0.4) is 0 Å². The Morgan fingerprint density at radius 1 is 1.69 bits per heavy atom. The lowest BCUT2D eigenvalue weighted by atomic mass is 10.1. The molecule has 1 saturated heterocycles. The molecular formula is C11H14N2O3. The van der Waals surface area contributed by atoms with Crippen molar-refractivity contribution in [2.45, 2.75) is 6.42 Å². The molecule has 2 heterocycles. The first kappa shape index (κ1) is 10.9. The lowest BCUT2D eigenvalue weighted by Gasteiger charge is -2.08. The van der Waals surface area contributed by atoms with E-state index in [1.54, 1.807) is 6.07 Å². The Balaban J connectivity index is 1.87. The van der Waals surface area contributed by atoms with E-state index in [9.17, 15) is 4.79 Å². The molecule has 0 radical (unpaired) electrons. The Kier molecular flexibility index (Phi) is 3.36. The minimum atomic E-state index is -0.360. The molecule has 0 saturated carbocycles. The number of esters is 1. The van der Waals surface area contributed by atoms with Gasteiger partial charge in [0.15, 0.2) is 0 Å². The maximum atomic E-state index is 11.6. The number of ether oxygens (including phenoxy) is 2. The first-order valence-corrected chi connectivity index (χ1v) is 5.22. The van der Waals surface area contributed by atoms with Gasteiger partial charge in [-0.05, 0) is 18.6 Å². The highest BCUT2D eigenvalue weighted by molar-refractivity contribution is 5.89. The highest BCUT2D eigenvalue weighted by Gasteiger charge is 2.18. The van der Waals surface area contributed by atoms with Crippen LogP contribution >= 0.6 is 0 Å². The number of carbonyl (C=O) groups excluding carboxylic acids is 1.